The Labute approximate surface area is 184 Å². The number of carbonyl (C=O) groups excluding carboxylic acids is 1. The van der Waals surface area contributed by atoms with Gasteiger partial charge in [-0.25, -0.2) is 4.79 Å². The summed E-state index contributed by atoms with van der Waals surface area (Å²) in [6, 6.07) is 13.0. The highest BCUT2D eigenvalue weighted by Gasteiger charge is 2.26. The number of ether oxygens (including phenoxy) is 3. The summed E-state index contributed by atoms with van der Waals surface area (Å²) in [4.78, 5) is 24.8. The maximum absolute atomic E-state index is 12.9. The van der Waals surface area contributed by atoms with Gasteiger partial charge in [-0.15, -0.1) is 0 Å². The molecule has 10 nitrogen and oxygen atoms in total. The minimum atomic E-state index is -4.47. The van der Waals surface area contributed by atoms with Crippen molar-refractivity contribution in [3.63, 3.8) is 0 Å². The van der Waals surface area contributed by atoms with Gasteiger partial charge in [-0.05, 0) is 31.2 Å². The zero-order valence-electron chi connectivity index (χ0n) is 17.5. The van der Waals surface area contributed by atoms with Crippen LogP contribution in [0.5, 0.6) is 17.2 Å². The third-order valence-corrected chi connectivity index (χ3v) is 5.44. The molecule has 0 aliphatic rings. The topological polar surface area (TPSA) is 123 Å². The standard InChI is InChI=1S/C21H20N2O8S/c1-4-30-21(25)20-18(13-19(24)23(22-20)14-8-6-5-7-9-14)31-32(26,27)15-10-11-16(28-2)17(12-15)29-3/h5-13H,4H2,1-3H3. The predicted octanol–water partition coefficient (Wildman–Crippen LogP) is 2.19. The van der Waals surface area contributed by atoms with Crippen molar-refractivity contribution in [3.8, 4) is 22.9 Å². The van der Waals surface area contributed by atoms with Crippen molar-refractivity contribution < 1.29 is 31.6 Å². The minimum Gasteiger partial charge on any atom is -0.493 e. The number of carbonyl (C=O) groups is 1. The number of benzene rings is 2. The van der Waals surface area contributed by atoms with E-state index in [0.29, 0.717) is 11.4 Å². The molecule has 0 atom stereocenters. The normalized spacial score (nSPS) is 11.0. The largest absolute Gasteiger partial charge is 0.493 e. The second-order valence-electron chi connectivity index (χ2n) is 6.22. The SMILES string of the molecule is CCOC(=O)c1nn(-c2ccccc2)c(=O)cc1OS(=O)(=O)c1ccc(OC)c(OC)c1. The number of nitrogens with zero attached hydrogens (tertiary/aromatic N) is 2. The molecule has 0 saturated carbocycles. The number of esters is 1. The van der Waals surface area contributed by atoms with E-state index >= 15 is 0 Å². The second-order valence-corrected chi connectivity index (χ2v) is 7.76. The lowest BCUT2D eigenvalue weighted by Gasteiger charge is -2.13. The Morgan fingerprint density at radius 3 is 2.28 bits per heavy atom. The lowest BCUT2D eigenvalue weighted by molar-refractivity contribution is 0.0515. The van der Waals surface area contributed by atoms with Crippen LogP contribution in [0.2, 0.25) is 0 Å². The molecule has 1 aromatic heterocycles. The van der Waals surface area contributed by atoms with Gasteiger partial charge in [0.2, 0.25) is 5.69 Å². The molecule has 0 saturated heterocycles. The second kappa shape index (κ2) is 9.52. The number of hydrogen-bond acceptors (Lipinski definition) is 9. The van der Waals surface area contributed by atoms with Crippen LogP contribution < -0.4 is 19.2 Å². The predicted molar refractivity (Wildman–Crippen MR) is 113 cm³/mol. The van der Waals surface area contributed by atoms with Crippen molar-refractivity contribution in [2.45, 2.75) is 11.8 Å². The fourth-order valence-corrected chi connectivity index (χ4v) is 3.68. The van der Waals surface area contributed by atoms with Crippen LogP contribution in [0.1, 0.15) is 17.4 Å². The Morgan fingerprint density at radius 2 is 1.66 bits per heavy atom. The van der Waals surface area contributed by atoms with E-state index in [9.17, 15) is 18.0 Å². The molecule has 0 amide bonds. The summed E-state index contributed by atoms with van der Waals surface area (Å²) in [6.45, 7) is 1.58. The van der Waals surface area contributed by atoms with Gasteiger partial charge < -0.3 is 18.4 Å². The summed E-state index contributed by atoms with van der Waals surface area (Å²) in [5.41, 5.74) is -0.807. The van der Waals surface area contributed by atoms with Crippen LogP contribution in [0.25, 0.3) is 5.69 Å². The van der Waals surface area contributed by atoms with Gasteiger partial charge in [0.15, 0.2) is 17.2 Å². The van der Waals surface area contributed by atoms with Gasteiger partial charge in [0.25, 0.3) is 5.56 Å². The highest BCUT2D eigenvalue weighted by atomic mass is 32.2. The molecule has 0 aliphatic heterocycles. The highest BCUT2D eigenvalue weighted by molar-refractivity contribution is 7.87. The van der Waals surface area contributed by atoms with Crippen LogP contribution in [-0.2, 0) is 14.9 Å². The summed E-state index contributed by atoms with van der Waals surface area (Å²) in [5.74, 6) is -1.05. The first kappa shape index (κ1) is 22.8. The Morgan fingerprint density at radius 1 is 0.969 bits per heavy atom. The van der Waals surface area contributed by atoms with Crippen molar-refractivity contribution in [2.24, 2.45) is 0 Å². The van der Waals surface area contributed by atoms with E-state index < -0.39 is 33.1 Å². The molecule has 32 heavy (non-hydrogen) atoms. The lowest BCUT2D eigenvalue weighted by Crippen LogP contribution is -2.26. The van der Waals surface area contributed by atoms with Crippen molar-refractivity contribution in [1.82, 2.24) is 9.78 Å². The molecule has 3 rings (SSSR count). The maximum Gasteiger partial charge on any atom is 0.362 e. The molecule has 0 fully saturated rings. The van der Waals surface area contributed by atoms with Crippen molar-refractivity contribution >= 4 is 16.1 Å². The monoisotopic (exact) mass is 460 g/mol. The van der Waals surface area contributed by atoms with Gasteiger partial charge >= 0.3 is 16.1 Å². The Kier molecular flexibility index (Phi) is 6.79. The minimum absolute atomic E-state index is 0.00679. The van der Waals surface area contributed by atoms with Gasteiger partial charge in [0, 0.05) is 6.07 Å². The first-order valence-corrected chi connectivity index (χ1v) is 10.7. The zero-order chi connectivity index (χ0) is 23.3. The fraction of sp³-hybridized carbons (Fsp3) is 0.190. The fourth-order valence-electron chi connectivity index (χ4n) is 2.74. The van der Waals surface area contributed by atoms with Crippen molar-refractivity contribution in [1.29, 1.82) is 0 Å². The summed E-state index contributed by atoms with van der Waals surface area (Å²) >= 11 is 0. The third-order valence-electron chi connectivity index (χ3n) is 4.21. The molecule has 3 aromatic rings. The van der Waals surface area contributed by atoms with E-state index in [1.54, 1.807) is 37.3 Å². The van der Waals surface area contributed by atoms with Crippen LogP contribution in [0.15, 0.2) is 64.3 Å². The first-order valence-electron chi connectivity index (χ1n) is 9.34. The molecule has 0 N–H and O–H groups in total. The Balaban J connectivity index is 2.09. The molecule has 1 heterocycles. The van der Waals surface area contributed by atoms with Crippen LogP contribution in [0, 0.1) is 0 Å². The molecular formula is C21H20N2O8S. The third kappa shape index (κ3) is 4.72. The number of hydrogen-bond donors (Lipinski definition) is 0. The first-order chi connectivity index (χ1) is 15.3. The van der Waals surface area contributed by atoms with E-state index in [-0.39, 0.29) is 17.3 Å². The number of para-hydroxylation sites is 1. The molecule has 0 radical (unpaired) electrons. The van der Waals surface area contributed by atoms with Crippen LogP contribution in [0.4, 0.5) is 0 Å². The molecule has 168 valence electrons. The van der Waals surface area contributed by atoms with E-state index in [4.69, 9.17) is 18.4 Å². The molecule has 11 heteroatoms. The molecular weight excluding hydrogens is 440 g/mol. The van der Waals surface area contributed by atoms with E-state index in [2.05, 4.69) is 5.10 Å². The highest BCUT2D eigenvalue weighted by Crippen LogP contribution is 2.31. The molecule has 0 unspecified atom stereocenters. The van der Waals surface area contributed by atoms with Crippen molar-refractivity contribution in [3.05, 3.63) is 70.6 Å². The summed E-state index contributed by atoms with van der Waals surface area (Å²) in [5, 5.41) is 4.00. The van der Waals surface area contributed by atoms with Crippen LogP contribution in [-0.4, -0.2) is 45.0 Å². The van der Waals surface area contributed by atoms with E-state index in [1.165, 1.54) is 32.4 Å². The molecule has 2 aromatic carbocycles. The molecule has 0 aliphatic carbocycles. The van der Waals surface area contributed by atoms with Crippen LogP contribution >= 0.6 is 0 Å². The Hall–Kier alpha value is -3.86. The lowest BCUT2D eigenvalue weighted by atomic mass is 10.3. The van der Waals surface area contributed by atoms with E-state index in [0.717, 1.165) is 10.7 Å². The van der Waals surface area contributed by atoms with Crippen molar-refractivity contribution in [2.75, 3.05) is 20.8 Å². The number of aromatic nitrogens is 2. The number of rotatable bonds is 8. The summed E-state index contributed by atoms with van der Waals surface area (Å²) < 4.78 is 47.0. The molecule has 0 bridgehead atoms. The quantitative estimate of drug-likeness (QED) is 0.368. The maximum atomic E-state index is 12.9. The van der Waals surface area contributed by atoms with Crippen LogP contribution in [0.3, 0.4) is 0 Å². The van der Waals surface area contributed by atoms with Gasteiger partial charge in [-0.3, -0.25) is 4.79 Å². The van der Waals surface area contributed by atoms with Gasteiger partial charge in [-0.2, -0.15) is 18.2 Å². The Bertz CT molecular complexity index is 1290. The van der Waals surface area contributed by atoms with E-state index in [1.807, 2.05) is 0 Å². The zero-order valence-corrected chi connectivity index (χ0v) is 18.3. The summed E-state index contributed by atoms with van der Waals surface area (Å²) in [6.07, 6.45) is 0. The summed E-state index contributed by atoms with van der Waals surface area (Å²) in [7, 11) is -1.71. The smallest absolute Gasteiger partial charge is 0.362 e. The molecule has 0 spiro atoms. The average molecular weight is 460 g/mol. The van der Waals surface area contributed by atoms with Gasteiger partial charge in [0.05, 0.1) is 32.6 Å². The van der Waals surface area contributed by atoms with Gasteiger partial charge in [-0.1, -0.05) is 18.2 Å². The average Bonchev–Trinajstić information content (AvgIpc) is 2.79. The van der Waals surface area contributed by atoms with Gasteiger partial charge in [0.1, 0.15) is 4.90 Å². The number of methoxy groups -OCH3 is 2.